The standard InChI is InChI=1S/C23H27FN4O2S/c1-23(10-13-31-22(25)28-23)19-14-16(4-7-20(19)24)27-21(29)15-2-5-17(6-3-15)30-18-8-11-26-12-9-18/h2-7,14,18,26H,8-13H2,1H3,(H2,25,28)(H,27,29). The molecule has 2 heterocycles. The summed E-state index contributed by atoms with van der Waals surface area (Å²) in [6, 6.07) is 11.7. The average Bonchev–Trinajstić information content (AvgIpc) is 2.76. The van der Waals surface area contributed by atoms with Crippen molar-refractivity contribution in [3.63, 3.8) is 0 Å². The van der Waals surface area contributed by atoms with Crippen molar-refractivity contribution in [1.82, 2.24) is 5.32 Å². The molecule has 2 aromatic carbocycles. The van der Waals surface area contributed by atoms with Gasteiger partial charge in [-0.25, -0.2) is 4.39 Å². The molecule has 2 aliphatic heterocycles. The van der Waals surface area contributed by atoms with Crippen LogP contribution < -0.4 is 21.1 Å². The lowest BCUT2D eigenvalue weighted by molar-refractivity contribution is 0.102. The summed E-state index contributed by atoms with van der Waals surface area (Å²) in [6.07, 6.45) is 2.82. The number of anilines is 1. The molecule has 2 aromatic rings. The van der Waals surface area contributed by atoms with Gasteiger partial charge in [0.1, 0.15) is 17.7 Å². The molecule has 0 bridgehead atoms. The number of nitrogens with zero attached hydrogens (tertiary/aromatic N) is 1. The lowest BCUT2D eigenvalue weighted by Crippen LogP contribution is -2.34. The van der Waals surface area contributed by atoms with Crippen molar-refractivity contribution in [2.45, 2.75) is 37.8 Å². The Labute approximate surface area is 185 Å². The van der Waals surface area contributed by atoms with Crippen molar-refractivity contribution in [3.05, 3.63) is 59.4 Å². The van der Waals surface area contributed by atoms with E-state index < -0.39 is 5.54 Å². The van der Waals surface area contributed by atoms with Crippen molar-refractivity contribution in [2.24, 2.45) is 10.7 Å². The predicted molar refractivity (Wildman–Crippen MR) is 123 cm³/mol. The number of piperidine rings is 1. The molecule has 6 nitrogen and oxygen atoms in total. The highest BCUT2D eigenvalue weighted by molar-refractivity contribution is 8.13. The number of carbonyl (C=O) groups is 1. The lowest BCUT2D eigenvalue weighted by atomic mass is 9.89. The molecule has 1 saturated heterocycles. The number of benzene rings is 2. The summed E-state index contributed by atoms with van der Waals surface area (Å²) < 4.78 is 20.6. The van der Waals surface area contributed by atoms with Crippen molar-refractivity contribution in [1.29, 1.82) is 0 Å². The van der Waals surface area contributed by atoms with Crippen LogP contribution in [0, 0.1) is 5.82 Å². The number of hydrogen-bond acceptors (Lipinski definition) is 6. The zero-order valence-electron chi connectivity index (χ0n) is 17.5. The van der Waals surface area contributed by atoms with E-state index in [2.05, 4.69) is 15.6 Å². The van der Waals surface area contributed by atoms with Crippen molar-refractivity contribution in [3.8, 4) is 5.75 Å². The monoisotopic (exact) mass is 442 g/mol. The summed E-state index contributed by atoms with van der Waals surface area (Å²) in [7, 11) is 0. The zero-order valence-corrected chi connectivity index (χ0v) is 18.3. The maximum atomic E-state index is 14.6. The Hall–Kier alpha value is -2.58. The van der Waals surface area contributed by atoms with E-state index in [1.165, 1.54) is 17.8 Å². The number of rotatable bonds is 5. The minimum absolute atomic E-state index is 0.204. The van der Waals surface area contributed by atoms with E-state index in [1.807, 2.05) is 19.1 Å². The van der Waals surface area contributed by atoms with Gasteiger partial charge in [0, 0.05) is 22.6 Å². The highest BCUT2D eigenvalue weighted by Gasteiger charge is 2.32. The zero-order chi connectivity index (χ0) is 21.8. The van der Waals surface area contributed by atoms with Crippen molar-refractivity contribution in [2.75, 3.05) is 24.2 Å². The van der Waals surface area contributed by atoms with Crippen LogP contribution >= 0.6 is 11.8 Å². The lowest BCUT2D eigenvalue weighted by Gasteiger charge is -2.30. The Kier molecular flexibility index (Phi) is 6.48. The molecule has 0 aliphatic carbocycles. The SMILES string of the molecule is CC1(c2cc(NC(=O)c3ccc(OC4CCNCC4)cc3)ccc2F)CCSC(N)=N1. The summed E-state index contributed by atoms with van der Waals surface area (Å²) in [5.74, 6) is 0.904. The molecule has 0 spiro atoms. The summed E-state index contributed by atoms with van der Waals surface area (Å²) in [5, 5.41) is 6.62. The average molecular weight is 443 g/mol. The number of nitrogens with one attached hydrogen (secondary N) is 2. The first kappa shape index (κ1) is 21.6. The smallest absolute Gasteiger partial charge is 0.255 e. The van der Waals surface area contributed by atoms with Gasteiger partial charge in [-0.05, 0) is 81.7 Å². The van der Waals surface area contributed by atoms with Crippen LogP contribution in [0.2, 0.25) is 0 Å². The van der Waals surface area contributed by atoms with Crippen LogP contribution in [-0.2, 0) is 5.54 Å². The first-order valence-corrected chi connectivity index (χ1v) is 11.5. The molecule has 1 fully saturated rings. The fraction of sp³-hybridized carbons (Fsp3) is 0.391. The van der Waals surface area contributed by atoms with Gasteiger partial charge in [-0.15, -0.1) is 0 Å². The summed E-state index contributed by atoms with van der Waals surface area (Å²) in [6.45, 7) is 3.78. The van der Waals surface area contributed by atoms with Crippen LogP contribution in [0.1, 0.15) is 42.1 Å². The number of aliphatic imine (C=N–C) groups is 1. The fourth-order valence-electron chi connectivity index (χ4n) is 3.89. The molecule has 1 amide bonds. The van der Waals surface area contributed by atoms with E-state index in [4.69, 9.17) is 10.5 Å². The molecule has 164 valence electrons. The van der Waals surface area contributed by atoms with Gasteiger partial charge in [0.25, 0.3) is 5.91 Å². The molecule has 1 unspecified atom stereocenters. The Morgan fingerprint density at radius 1 is 1.26 bits per heavy atom. The van der Waals surface area contributed by atoms with Crippen molar-refractivity contribution >= 4 is 28.5 Å². The third-order valence-electron chi connectivity index (χ3n) is 5.71. The summed E-state index contributed by atoms with van der Waals surface area (Å²) in [4.78, 5) is 17.2. The van der Waals surface area contributed by atoms with Crippen LogP contribution in [0.4, 0.5) is 10.1 Å². The molecule has 0 saturated carbocycles. The normalized spacial score (nSPS) is 21.9. The number of nitrogens with two attached hydrogens (primary N) is 1. The maximum absolute atomic E-state index is 14.6. The van der Waals surface area contributed by atoms with Crippen LogP contribution in [0.3, 0.4) is 0 Å². The summed E-state index contributed by atoms with van der Waals surface area (Å²) in [5.41, 5.74) is 6.58. The van der Waals surface area contributed by atoms with Gasteiger partial charge in [-0.1, -0.05) is 11.8 Å². The number of amides is 1. The van der Waals surface area contributed by atoms with E-state index in [1.54, 1.807) is 24.3 Å². The molecule has 0 aromatic heterocycles. The van der Waals surface area contributed by atoms with Gasteiger partial charge in [-0.3, -0.25) is 9.79 Å². The third kappa shape index (κ3) is 5.19. The van der Waals surface area contributed by atoms with Gasteiger partial charge in [0.2, 0.25) is 0 Å². The van der Waals surface area contributed by atoms with Crippen molar-refractivity contribution < 1.29 is 13.9 Å². The van der Waals surface area contributed by atoms with Crippen LogP contribution in [0.25, 0.3) is 0 Å². The minimum Gasteiger partial charge on any atom is -0.490 e. The molecular weight excluding hydrogens is 415 g/mol. The first-order chi connectivity index (χ1) is 14.9. The van der Waals surface area contributed by atoms with Gasteiger partial charge in [-0.2, -0.15) is 0 Å². The Morgan fingerprint density at radius 2 is 2.00 bits per heavy atom. The highest BCUT2D eigenvalue weighted by atomic mass is 32.2. The van der Waals surface area contributed by atoms with Crippen LogP contribution in [0.5, 0.6) is 5.75 Å². The van der Waals surface area contributed by atoms with E-state index in [0.717, 1.165) is 37.4 Å². The molecule has 4 rings (SSSR count). The maximum Gasteiger partial charge on any atom is 0.255 e. The largest absolute Gasteiger partial charge is 0.490 e. The number of halogens is 1. The fourth-order valence-corrected chi connectivity index (χ4v) is 4.86. The second kappa shape index (κ2) is 9.28. The quantitative estimate of drug-likeness (QED) is 0.654. The van der Waals surface area contributed by atoms with E-state index in [-0.39, 0.29) is 17.8 Å². The Bertz CT molecular complexity index is 976. The predicted octanol–water partition coefficient (Wildman–Crippen LogP) is 3.88. The van der Waals surface area contributed by atoms with Gasteiger partial charge in [0.15, 0.2) is 5.17 Å². The Morgan fingerprint density at radius 3 is 2.71 bits per heavy atom. The second-order valence-electron chi connectivity index (χ2n) is 8.06. The molecule has 4 N–H and O–H groups in total. The van der Waals surface area contributed by atoms with Crippen LogP contribution in [0.15, 0.2) is 47.5 Å². The first-order valence-electron chi connectivity index (χ1n) is 10.5. The number of carbonyl (C=O) groups excluding carboxylic acids is 1. The summed E-state index contributed by atoms with van der Waals surface area (Å²) >= 11 is 1.47. The number of thioether (sulfide) groups is 1. The molecule has 31 heavy (non-hydrogen) atoms. The molecule has 1 atom stereocenters. The van der Waals surface area contributed by atoms with Gasteiger partial charge in [0.05, 0.1) is 5.54 Å². The minimum atomic E-state index is -0.742. The van der Waals surface area contributed by atoms with E-state index >= 15 is 0 Å². The molecule has 8 heteroatoms. The van der Waals surface area contributed by atoms with Gasteiger partial charge >= 0.3 is 0 Å². The molecule has 2 aliphatic rings. The van der Waals surface area contributed by atoms with Gasteiger partial charge < -0.3 is 21.1 Å². The molecule has 0 radical (unpaired) electrons. The number of ether oxygens (including phenoxy) is 1. The topological polar surface area (TPSA) is 88.7 Å². The third-order valence-corrected chi connectivity index (χ3v) is 6.50. The second-order valence-corrected chi connectivity index (χ2v) is 9.18. The Balaban J connectivity index is 1.45. The van der Waals surface area contributed by atoms with E-state index in [9.17, 15) is 9.18 Å². The highest BCUT2D eigenvalue weighted by Crippen LogP contribution is 2.37. The number of amidine groups is 1. The number of hydrogen-bond donors (Lipinski definition) is 3. The van der Waals surface area contributed by atoms with E-state index in [0.29, 0.717) is 28.4 Å². The molecular formula is C23H27FN4O2S. The van der Waals surface area contributed by atoms with Crippen LogP contribution in [-0.4, -0.2) is 36.0 Å².